The summed E-state index contributed by atoms with van der Waals surface area (Å²) in [5.41, 5.74) is 6.82. The van der Waals surface area contributed by atoms with Crippen LogP contribution >= 0.6 is 11.3 Å². The van der Waals surface area contributed by atoms with Gasteiger partial charge in [0.25, 0.3) is 0 Å². The highest BCUT2D eigenvalue weighted by Gasteiger charge is 2.38. The summed E-state index contributed by atoms with van der Waals surface area (Å²) in [4.78, 5) is 25.9. The molecule has 5 nitrogen and oxygen atoms in total. The zero-order chi connectivity index (χ0) is 20.7. The summed E-state index contributed by atoms with van der Waals surface area (Å²) >= 11 is 1.04. The molecule has 2 aromatic carbocycles. The van der Waals surface area contributed by atoms with Gasteiger partial charge >= 0.3 is 5.97 Å². The van der Waals surface area contributed by atoms with Crippen LogP contribution in [0, 0.1) is 5.82 Å². The number of halogens is 1. The number of hydrogen-bond donors (Lipinski definition) is 1. The Morgan fingerprint density at radius 3 is 2.69 bits per heavy atom. The van der Waals surface area contributed by atoms with Gasteiger partial charge in [-0.25, -0.2) is 9.18 Å². The average molecular weight is 411 g/mol. The Hall–Kier alpha value is -3.19. The van der Waals surface area contributed by atoms with Crippen LogP contribution in [-0.4, -0.2) is 12.1 Å². The molecule has 0 radical (unpaired) electrons. The van der Waals surface area contributed by atoms with Gasteiger partial charge in [-0.2, -0.15) is 0 Å². The van der Waals surface area contributed by atoms with E-state index in [1.807, 2.05) is 24.3 Å². The first-order valence-corrected chi connectivity index (χ1v) is 9.88. The van der Waals surface area contributed by atoms with Crippen LogP contribution in [0.3, 0.4) is 0 Å². The van der Waals surface area contributed by atoms with E-state index in [2.05, 4.69) is 0 Å². The molecule has 0 saturated heterocycles. The molecule has 148 valence electrons. The van der Waals surface area contributed by atoms with Gasteiger partial charge in [0.2, 0.25) is 10.6 Å². The van der Waals surface area contributed by atoms with Gasteiger partial charge in [-0.3, -0.25) is 4.79 Å². The standard InChI is InChI=1S/C22H18FNO4S/c1-11(2)27-21(25)18-16(12-6-5-7-13(23)10-12)17-19(28-20(18)24)14-8-3-4-9-15(14)29-22(17)26/h3-11,16H,24H2,1-2H3. The number of benzene rings is 2. The molecule has 1 atom stereocenters. The van der Waals surface area contributed by atoms with Gasteiger partial charge < -0.3 is 15.2 Å². The quantitative estimate of drug-likeness (QED) is 0.658. The molecule has 4 rings (SSSR count). The largest absolute Gasteiger partial charge is 0.459 e. The summed E-state index contributed by atoms with van der Waals surface area (Å²) in [6, 6.07) is 13.0. The molecule has 29 heavy (non-hydrogen) atoms. The number of carbonyl (C=O) groups is 1. The number of carbonyl (C=O) groups excluding carboxylic acids is 1. The third-order valence-electron chi connectivity index (χ3n) is 4.60. The van der Waals surface area contributed by atoms with Crippen molar-refractivity contribution in [1.29, 1.82) is 0 Å². The lowest BCUT2D eigenvalue weighted by molar-refractivity contribution is -0.143. The molecular formula is C22H18FNO4S. The number of nitrogens with two attached hydrogens (primary N) is 1. The molecule has 0 amide bonds. The topological polar surface area (TPSA) is 78.6 Å². The molecule has 1 aliphatic rings. The van der Waals surface area contributed by atoms with Crippen LogP contribution in [0.25, 0.3) is 10.1 Å². The fraction of sp³-hybridized carbons (Fsp3) is 0.182. The first kappa shape index (κ1) is 19.1. The molecule has 3 aromatic rings. The van der Waals surface area contributed by atoms with E-state index >= 15 is 0 Å². The first-order chi connectivity index (χ1) is 13.9. The van der Waals surface area contributed by atoms with Crippen LogP contribution in [0.15, 0.2) is 64.8 Å². The third-order valence-corrected chi connectivity index (χ3v) is 5.58. The van der Waals surface area contributed by atoms with Crippen molar-refractivity contribution in [2.75, 3.05) is 0 Å². The van der Waals surface area contributed by atoms with Crippen molar-refractivity contribution < 1.29 is 18.7 Å². The predicted octanol–water partition coefficient (Wildman–Crippen LogP) is 4.05. The van der Waals surface area contributed by atoms with E-state index in [1.165, 1.54) is 18.2 Å². The van der Waals surface area contributed by atoms with Crippen molar-refractivity contribution in [2.45, 2.75) is 25.9 Å². The maximum atomic E-state index is 14.0. The van der Waals surface area contributed by atoms with Crippen LogP contribution in [0.1, 0.15) is 30.9 Å². The van der Waals surface area contributed by atoms with E-state index in [-0.39, 0.29) is 27.5 Å². The van der Waals surface area contributed by atoms with Crippen molar-refractivity contribution in [3.63, 3.8) is 0 Å². The molecule has 7 heteroatoms. The van der Waals surface area contributed by atoms with Crippen molar-refractivity contribution in [2.24, 2.45) is 5.73 Å². The Labute approximate surface area is 170 Å². The fourth-order valence-corrected chi connectivity index (χ4v) is 4.40. The number of fused-ring (bicyclic) bond motifs is 3. The molecule has 0 fully saturated rings. The van der Waals surface area contributed by atoms with Gasteiger partial charge in [0, 0.05) is 10.1 Å². The summed E-state index contributed by atoms with van der Waals surface area (Å²) in [6.07, 6.45) is -0.400. The summed E-state index contributed by atoms with van der Waals surface area (Å²) in [7, 11) is 0. The molecule has 1 aliphatic heterocycles. The van der Waals surface area contributed by atoms with Crippen molar-refractivity contribution in [3.05, 3.63) is 86.5 Å². The number of hydrogen-bond acceptors (Lipinski definition) is 6. The number of ether oxygens (including phenoxy) is 2. The molecule has 2 heterocycles. The normalized spacial score (nSPS) is 15.9. The van der Waals surface area contributed by atoms with E-state index in [9.17, 15) is 14.0 Å². The molecule has 1 unspecified atom stereocenters. The van der Waals surface area contributed by atoms with E-state index in [0.29, 0.717) is 10.9 Å². The zero-order valence-corrected chi connectivity index (χ0v) is 16.6. The summed E-state index contributed by atoms with van der Waals surface area (Å²) in [5, 5.41) is 0.702. The van der Waals surface area contributed by atoms with Crippen LogP contribution in [0.5, 0.6) is 5.75 Å². The van der Waals surface area contributed by atoms with Crippen molar-refractivity contribution >= 4 is 27.4 Å². The minimum atomic E-state index is -0.894. The van der Waals surface area contributed by atoms with Gasteiger partial charge in [-0.15, -0.1) is 0 Å². The van der Waals surface area contributed by atoms with E-state index < -0.39 is 23.8 Å². The Morgan fingerprint density at radius 1 is 1.21 bits per heavy atom. The van der Waals surface area contributed by atoms with Gasteiger partial charge in [-0.1, -0.05) is 35.6 Å². The highest BCUT2D eigenvalue weighted by atomic mass is 32.1. The molecule has 0 spiro atoms. The lowest BCUT2D eigenvalue weighted by atomic mass is 9.83. The highest BCUT2D eigenvalue weighted by molar-refractivity contribution is 7.16. The maximum Gasteiger partial charge on any atom is 0.340 e. The SMILES string of the molecule is CC(C)OC(=O)C1=C(N)Oc2c(c(=O)sc3ccccc23)C1c1cccc(F)c1. The smallest absolute Gasteiger partial charge is 0.340 e. The highest BCUT2D eigenvalue weighted by Crippen LogP contribution is 2.45. The minimum Gasteiger partial charge on any atom is -0.459 e. The monoisotopic (exact) mass is 411 g/mol. The molecule has 0 saturated carbocycles. The molecule has 0 bridgehead atoms. The second-order valence-corrected chi connectivity index (χ2v) is 7.97. The number of rotatable bonds is 3. The lowest BCUT2D eigenvalue weighted by Gasteiger charge is -2.28. The molecule has 1 aromatic heterocycles. The number of esters is 1. The van der Waals surface area contributed by atoms with Gasteiger partial charge in [0.15, 0.2) is 0 Å². The molecule has 2 N–H and O–H groups in total. The lowest BCUT2D eigenvalue weighted by Crippen LogP contribution is -2.31. The van der Waals surface area contributed by atoms with Crippen molar-refractivity contribution in [1.82, 2.24) is 0 Å². The van der Waals surface area contributed by atoms with Crippen LogP contribution in [0.4, 0.5) is 4.39 Å². The van der Waals surface area contributed by atoms with Gasteiger partial charge in [-0.05, 0) is 43.7 Å². The second kappa shape index (κ2) is 7.33. The second-order valence-electron chi connectivity index (χ2n) is 6.95. The summed E-state index contributed by atoms with van der Waals surface area (Å²) in [5.74, 6) is -1.94. The minimum absolute atomic E-state index is 0.00335. The fourth-order valence-electron chi connectivity index (χ4n) is 3.46. The molecular weight excluding hydrogens is 393 g/mol. The third kappa shape index (κ3) is 3.38. The Morgan fingerprint density at radius 2 is 1.97 bits per heavy atom. The van der Waals surface area contributed by atoms with E-state index in [1.54, 1.807) is 19.9 Å². The van der Waals surface area contributed by atoms with E-state index in [0.717, 1.165) is 16.0 Å². The van der Waals surface area contributed by atoms with Crippen LogP contribution in [-0.2, 0) is 9.53 Å². The van der Waals surface area contributed by atoms with Gasteiger partial charge in [0.05, 0.1) is 17.6 Å². The van der Waals surface area contributed by atoms with Crippen LogP contribution < -0.4 is 15.2 Å². The van der Waals surface area contributed by atoms with Crippen LogP contribution in [0.2, 0.25) is 0 Å². The molecule has 0 aliphatic carbocycles. The maximum absolute atomic E-state index is 14.0. The average Bonchev–Trinajstić information content (AvgIpc) is 2.66. The predicted molar refractivity (Wildman–Crippen MR) is 109 cm³/mol. The van der Waals surface area contributed by atoms with E-state index in [4.69, 9.17) is 15.2 Å². The Balaban J connectivity index is 2.03. The first-order valence-electron chi connectivity index (χ1n) is 9.06. The Bertz CT molecular complexity index is 1210. The Kier molecular flexibility index (Phi) is 4.84. The summed E-state index contributed by atoms with van der Waals surface area (Å²) in [6.45, 7) is 3.41. The summed E-state index contributed by atoms with van der Waals surface area (Å²) < 4.78 is 25.6. The zero-order valence-electron chi connectivity index (χ0n) is 15.8. The van der Waals surface area contributed by atoms with Crippen molar-refractivity contribution in [3.8, 4) is 5.75 Å². The van der Waals surface area contributed by atoms with Gasteiger partial charge in [0.1, 0.15) is 17.1 Å².